The molecule has 1 saturated carbocycles. The normalized spacial score (nSPS) is 25.5. The second-order valence-electron chi connectivity index (χ2n) is 5.40. The van der Waals surface area contributed by atoms with Gasteiger partial charge in [-0.05, 0) is 19.3 Å². The van der Waals surface area contributed by atoms with Crippen LogP contribution in [0, 0.1) is 28.6 Å². The van der Waals surface area contributed by atoms with E-state index in [0.29, 0.717) is 19.4 Å². The molecule has 19 heavy (non-hydrogen) atoms. The summed E-state index contributed by atoms with van der Waals surface area (Å²) in [6.45, 7) is 4.34. The molecule has 0 aromatic carbocycles. The summed E-state index contributed by atoms with van der Waals surface area (Å²) in [5.41, 5.74) is 0. The molecule has 1 N–H and O–H groups in total. The van der Waals surface area contributed by atoms with E-state index in [2.05, 4.69) is 22.4 Å². The van der Waals surface area contributed by atoms with E-state index in [4.69, 9.17) is 15.3 Å². The van der Waals surface area contributed by atoms with Crippen molar-refractivity contribution in [2.24, 2.45) is 5.92 Å². The van der Waals surface area contributed by atoms with Crippen LogP contribution in [0.4, 0.5) is 0 Å². The Kier molecular flexibility index (Phi) is 5.60. The van der Waals surface area contributed by atoms with Gasteiger partial charge in [0.1, 0.15) is 0 Å². The van der Waals surface area contributed by atoms with E-state index in [9.17, 15) is 0 Å². The van der Waals surface area contributed by atoms with E-state index >= 15 is 0 Å². The Balaban J connectivity index is 1.61. The summed E-state index contributed by atoms with van der Waals surface area (Å²) in [6, 6.07) is 5.13. The van der Waals surface area contributed by atoms with Gasteiger partial charge in [0, 0.05) is 38.6 Å². The second-order valence-corrected chi connectivity index (χ2v) is 5.40. The maximum Gasteiger partial charge on any atom is 0.0826 e. The van der Waals surface area contributed by atoms with Crippen LogP contribution in [0.5, 0.6) is 0 Å². The van der Waals surface area contributed by atoms with E-state index in [0.717, 1.165) is 32.3 Å². The molecule has 2 rings (SSSR count). The van der Waals surface area contributed by atoms with Crippen LogP contribution in [0.3, 0.4) is 0 Å². The number of nitrogens with one attached hydrogen (secondary N) is 1. The lowest BCUT2D eigenvalue weighted by atomic mass is 10.1. The highest BCUT2D eigenvalue weighted by molar-refractivity contribution is 4.89. The molecule has 0 aromatic rings. The average molecular weight is 262 g/mol. The van der Waals surface area contributed by atoms with Crippen molar-refractivity contribution < 1.29 is 4.74 Å². The molecule has 1 aliphatic carbocycles. The Morgan fingerprint density at radius 3 is 2.89 bits per heavy atom. The van der Waals surface area contributed by atoms with Crippen molar-refractivity contribution in [3.05, 3.63) is 0 Å². The molecule has 0 bridgehead atoms. The number of morpholine rings is 1. The maximum absolute atomic E-state index is 8.97. The maximum atomic E-state index is 8.97. The van der Waals surface area contributed by atoms with Crippen molar-refractivity contribution in [1.82, 2.24) is 10.2 Å². The summed E-state index contributed by atoms with van der Waals surface area (Å²) in [5, 5.41) is 20.8. The van der Waals surface area contributed by atoms with Crippen molar-refractivity contribution >= 4 is 0 Å². The first-order chi connectivity index (χ1) is 9.33. The number of nitriles is 2. The Morgan fingerprint density at radius 2 is 2.21 bits per heavy atom. The SMILES string of the molecule is N#CCC[C@@H](C#N)CNC[C@@H]1CN(C2CC2)CCO1. The van der Waals surface area contributed by atoms with Gasteiger partial charge < -0.3 is 10.1 Å². The van der Waals surface area contributed by atoms with Crippen LogP contribution in [-0.4, -0.2) is 49.8 Å². The average Bonchev–Trinajstić information content (AvgIpc) is 3.27. The molecular weight excluding hydrogens is 240 g/mol. The van der Waals surface area contributed by atoms with Crippen LogP contribution in [0.2, 0.25) is 0 Å². The summed E-state index contributed by atoms with van der Waals surface area (Å²) in [7, 11) is 0. The highest BCUT2D eigenvalue weighted by atomic mass is 16.5. The fraction of sp³-hybridized carbons (Fsp3) is 0.857. The molecule has 1 aliphatic heterocycles. The zero-order chi connectivity index (χ0) is 13.5. The molecule has 2 fully saturated rings. The summed E-state index contributed by atoms with van der Waals surface area (Å²) < 4.78 is 5.74. The predicted octanol–water partition coefficient (Wildman–Crippen LogP) is 0.883. The number of hydrogen-bond acceptors (Lipinski definition) is 5. The van der Waals surface area contributed by atoms with Gasteiger partial charge in [0.25, 0.3) is 0 Å². The smallest absolute Gasteiger partial charge is 0.0826 e. The summed E-state index contributed by atoms with van der Waals surface area (Å²) in [5.74, 6) is -0.0669. The van der Waals surface area contributed by atoms with Crippen molar-refractivity contribution in [1.29, 1.82) is 10.5 Å². The largest absolute Gasteiger partial charge is 0.374 e. The Hall–Kier alpha value is -1.14. The van der Waals surface area contributed by atoms with Crippen LogP contribution in [0.1, 0.15) is 25.7 Å². The lowest BCUT2D eigenvalue weighted by molar-refractivity contribution is -0.0301. The molecule has 1 heterocycles. The standard InChI is InChI=1S/C14H22N4O/c15-5-1-2-12(8-16)9-17-10-14-11-18(6-7-19-14)13-3-4-13/h12-14,17H,1-4,6-7,9-11H2/t12-,14+/m0/s1. The van der Waals surface area contributed by atoms with E-state index in [1.807, 2.05) is 0 Å². The van der Waals surface area contributed by atoms with Crippen LogP contribution in [-0.2, 0) is 4.74 Å². The monoisotopic (exact) mass is 262 g/mol. The third kappa shape index (κ3) is 4.80. The molecule has 104 valence electrons. The molecular formula is C14H22N4O. The number of hydrogen-bond donors (Lipinski definition) is 1. The van der Waals surface area contributed by atoms with Crippen molar-refractivity contribution in [2.45, 2.75) is 37.8 Å². The van der Waals surface area contributed by atoms with E-state index < -0.39 is 0 Å². The van der Waals surface area contributed by atoms with Gasteiger partial charge in [0.05, 0.1) is 30.8 Å². The lowest BCUT2D eigenvalue weighted by Crippen LogP contribution is -2.47. The first-order valence-corrected chi connectivity index (χ1v) is 7.16. The fourth-order valence-electron chi connectivity index (χ4n) is 2.51. The molecule has 0 aromatic heterocycles. The predicted molar refractivity (Wildman–Crippen MR) is 71.2 cm³/mol. The van der Waals surface area contributed by atoms with Crippen LogP contribution in [0.15, 0.2) is 0 Å². The fourth-order valence-corrected chi connectivity index (χ4v) is 2.51. The van der Waals surface area contributed by atoms with Crippen molar-refractivity contribution in [3.8, 4) is 12.1 Å². The molecule has 2 atom stereocenters. The molecule has 5 nitrogen and oxygen atoms in total. The third-order valence-corrected chi connectivity index (χ3v) is 3.78. The minimum Gasteiger partial charge on any atom is -0.374 e. The highest BCUT2D eigenvalue weighted by Gasteiger charge is 2.32. The summed E-state index contributed by atoms with van der Waals surface area (Å²) in [4.78, 5) is 2.52. The lowest BCUT2D eigenvalue weighted by Gasteiger charge is -2.33. The van der Waals surface area contributed by atoms with Gasteiger partial charge in [0.2, 0.25) is 0 Å². The number of rotatable bonds is 7. The first-order valence-electron chi connectivity index (χ1n) is 7.16. The molecule has 5 heteroatoms. The zero-order valence-corrected chi connectivity index (χ0v) is 11.3. The summed E-state index contributed by atoms with van der Waals surface area (Å²) >= 11 is 0. The quantitative estimate of drug-likeness (QED) is 0.737. The van der Waals surface area contributed by atoms with Crippen LogP contribution >= 0.6 is 0 Å². The van der Waals surface area contributed by atoms with Gasteiger partial charge in [-0.15, -0.1) is 0 Å². The summed E-state index contributed by atoms with van der Waals surface area (Å²) in [6.07, 6.45) is 4.02. The molecule has 0 spiro atoms. The first kappa shape index (κ1) is 14.3. The molecule has 2 aliphatic rings. The van der Waals surface area contributed by atoms with E-state index in [1.54, 1.807) is 0 Å². The number of nitrogens with zero attached hydrogens (tertiary/aromatic N) is 3. The van der Waals surface area contributed by atoms with Gasteiger partial charge in [-0.3, -0.25) is 4.90 Å². The van der Waals surface area contributed by atoms with Gasteiger partial charge in [-0.25, -0.2) is 0 Å². The highest BCUT2D eigenvalue weighted by Crippen LogP contribution is 2.28. The van der Waals surface area contributed by atoms with Crippen LogP contribution in [0.25, 0.3) is 0 Å². The minimum atomic E-state index is -0.0669. The van der Waals surface area contributed by atoms with Crippen molar-refractivity contribution in [2.75, 3.05) is 32.8 Å². The Morgan fingerprint density at radius 1 is 1.37 bits per heavy atom. The number of ether oxygens (including phenoxy) is 1. The Labute approximate surface area is 115 Å². The van der Waals surface area contributed by atoms with Gasteiger partial charge in [-0.1, -0.05) is 0 Å². The topological polar surface area (TPSA) is 72.1 Å². The van der Waals surface area contributed by atoms with E-state index in [-0.39, 0.29) is 12.0 Å². The molecule has 1 saturated heterocycles. The minimum absolute atomic E-state index is 0.0669. The Bertz CT molecular complexity index is 355. The van der Waals surface area contributed by atoms with Gasteiger partial charge in [0.15, 0.2) is 0 Å². The van der Waals surface area contributed by atoms with Gasteiger partial charge in [-0.2, -0.15) is 10.5 Å². The molecule has 0 amide bonds. The van der Waals surface area contributed by atoms with Crippen molar-refractivity contribution in [3.63, 3.8) is 0 Å². The molecule has 0 radical (unpaired) electrons. The van der Waals surface area contributed by atoms with Crippen LogP contribution < -0.4 is 5.32 Å². The van der Waals surface area contributed by atoms with E-state index in [1.165, 1.54) is 12.8 Å². The second kappa shape index (κ2) is 7.45. The molecule has 0 unspecified atom stereocenters. The third-order valence-electron chi connectivity index (χ3n) is 3.78. The zero-order valence-electron chi connectivity index (χ0n) is 11.3. The van der Waals surface area contributed by atoms with Gasteiger partial charge >= 0.3 is 0 Å².